The van der Waals surface area contributed by atoms with Gasteiger partial charge in [-0.1, -0.05) is 60.2 Å². The Hall–Kier alpha value is -1.60. The molecule has 0 heterocycles. The minimum absolute atomic E-state index is 0.437. The molecule has 106 valence electrons. The second-order valence-corrected chi connectivity index (χ2v) is 5.53. The van der Waals surface area contributed by atoms with Crippen molar-refractivity contribution in [1.29, 1.82) is 0 Å². The van der Waals surface area contributed by atoms with Crippen LogP contribution in [0.2, 0.25) is 0 Å². The minimum Gasteiger partial charge on any atom is -0.310 e. The topological polar surface area (TPSA) is 12.0 Å². The highest BCUT2D eigenvalue weighted by Crippen LogP contribution is 2.13. The molecule has 0 aromatic heterocycles. The van der Waals surface area contributed by atoms with Crippen molar-refractivity contribution in [2.75, 3.05) is 6.54 Å². The molecule has 0 radical (unpaired) electrons. The highest BCUT2D eigenvalue weighted by Gasteiger charge is 2.03. The van der Waals surface area contributed by atoms with Gasteiger partial charge in [-0.05, 0) is 50.8 Å². The number of unbranched alkanes of at least 4 members (excludes halogenated alkanes) is 1. The molecule has 1 N–H and O–H groups in total. The number of hydrogen-bond donors (Lipinski definition) is 1. The average Bonchev–Trinajstić information content (AvgIpc) is 2.48. The van der Waals surface area contributed by atoms with Crippen molar-refractivity contribution in [1.82, 2.24) is 5.32 Å². The lowest BCUT2D eigenvalue weighted by atomic mass is 10.1. The summed E-state index contributed by atoms with van der Waals surface area (Å²) in [6.45, 7) is 5.48. The van der Waals surface area contributed by atoms with Crippen molar-refractivity contribution >= 4 is 0 Å². The molecule has 0 aliphatic heterocycles. The fraction of sp³-hybridized carbons (Fsp3) is 0.368. The fourth-order valence-electron chi connectivity index (χ4n) is 2.47. The van der Waals surface area contributed by atoms with Gasteiger partial charge in [0.15, 0.2) is 0 Å². The predicted octanol–water partition coefficient (Wildman–Crippen LogP) is 4.67. The maximum absolute atomic E-state index is 3.61. The van der Waals surface area contributed by atoms with E-state index < -0.39 is 0 Å². The summed E-state index contributed by atoms with van der Waals surface area (Å²) in [5, 5.41) is 3.61. The number of rotatable bonds is 7. The molecule has 2 aromatic rings. The van der Waals surface area contributed by atoms with Crippen LogP contribution in [0.5, 0.6) is 0 Å². The molecule has 0 spiro atoms. The van der Waals surface area contributed by atoms with E-state index in [2.05, 4.69) is 73.8 Å². The lowest BCUT2D eigenvalue weighted by Crippen LogP contribution is -2.20. The van der Waals surface area contributed by atoms with Crippen molar-refractivity contribution in [3.05, 3.63) is 71.3 Å². The van der Waals surface area contributed by atoms with Crippen LogP contribution in [0.15, 0.2) is 54.6 Å². The lowest BCUT2D eigenvalue weighted by Gasteiger charge is -2.14. The summed E-state index contributed by atoms with van der Waals surface area (Å²) in [4.78, 5) is 0. The number of nitrogens with one attached hydrogen (secondary N) is 1. The molecule has 0 aliphatic carbocycles. The van der Waals surface area contributed by atoms with Gasteiger partial charge in [-0.2, -0.15) is 0 Å². The van der Waals surface area contributed by atoms with Gasteiger partial charge < -0.3 is 5.32 Å². The van der Waals surface area contributed by atoms with Gasteiger partial charge in [-0.25, -0.2) is 0 Å². The van der Waals surface area contributed by atoms with Gasteiger partial charge >= 0.3 is 0 Å². The number of benzene rings is 2. The molecular weight excluding hydrogens is 242 g/mol. The zero-order chi connectivity index (χ0) is 14.2. The molecular formula is C19H25N. The quantitative estimate of drug-likeness (QED) is 0.719. The van der Waals surface area contributed by atoms with Crippen LogP contribution in [-0.4, -0.2) is 6.54 Å². The molecule has 1 nitrogen and oxygen atoms in total. The Morgan fingerprint density at radius 3 is 2.50 bits per heavy atom. The minimum atomic E-state index is 0.437. The van der Waals surface area contributed by atoms with Crippen LogP contribution in [-0.2, 0) is 6.42 Å². The Balaban J connectivity index is 1.66. The van der Waals surface area contributed by atoms with E-state index in [4.69, 9.17) is 0 Å². The second kappa shape index (κ2) is 7.86. The third-order valence-corrected chi connectivity index (χ3v) is 3.73. The van der Waals surface area contributed by atoms with Crippen molar-refractivity contribution in [2.24, 2.45) is 0 Å². The predicted molar refractivity (Wildman–Crippen MR) is 87.0 cm³/mol. The largest absolute Gasteiger partial charge is 0.310 e. The maximum atomic E-state index is 3.61. The summed E-state index contributed by atoms with van der Waals surface area (Å²) < 4.78 is 0. The SMILES string of the molecule is Cc1cccc([C@H](C)NCCCCc2ccccc2)c1. The van der Waals surface area contributed by atoms with Crippen molar-refractivity contribution in [3.8, 4) is 0 Å². The van der Waals surface area contributed by atoms with Crippen LogP contribution in [0.1, 0.15) is 42.5 Å². The Bertz CT molecular complexity index is 504. The summed E-state index contributed by atoms with van der Waals surface area (Å²) in [5.74, 6) is 0. The van der Waals surface area contributed by atoms with Crippen molar-refractivity contribution in [2.45, 2.75) is 39.2 Å². The first-order valence-electron chi connectivity index (χ1n) is 7.59. The van der Waals surface area contributed by atoms with Crippen LogP contribution in [0.4, 0.5) is 0 Å². The van der Waals surface area contributed by atoms with E-state index in [1.54, 1.807) is 0 Å². The Kier molecular flexibility index (Phi) is 5.82. The lowest BCUT2D eigenvalue weighted by molar-refractivity contribution is 0.546. The van der Waals surface area contributed by atoms with Crippen LogP contribution in [0, 0.1) is 6.92 Å². The highest BCUT2D eigenvalue weighted by molar-refractivity contribution is 5.24. The molecule has 0 unspecified atom stereocenters. The van der Waals surface area contributed by atoms with E-state index in [0.717, 1.165) is 6.54 Å². The molecule has 1 heteroatoms. The Labute approximate surface area is 123 Å². The summed E-state index contributed by atoms with van der Waals surface area (Å²) >= 11 is 0. The van der Waals surface area contributed by atoms with E-state index in [1.165, 1.54) is 36.0 Å². The van der Waals surface area contributed by atoms with Gasteiger partial charge in [0.1, 0.15) is 0 Å². The number of hydrogen-bond acceptors (Lipinski definition) is 1. The van der Waals surface area contributed by atoms with Gasteiger partial charge in [-0.3, -0.25) is 0 Å². The Morgan fingerprint density at radius 1 is 0.950 bits per heavy atom. The van der Waals surface area contributed by atoms with Gasteiger partial charge in [0.25, 0.3) is 0 Å². The molecule has 0 saturated carbocycles. The molecule has 1 atom stereocenters. The zero-order valence-corrected chi connectivity index (χ0v) is 12.6. The fourth-order valence-corrected chi connectivity index (χ4v) is 2.47. The Morgan fingerprint density at radius 2 is 1.75 bits per heavy atom. The third-order valence-electron chi connectivity index (χ3n) is 3.73. The van der Waals surface area contributed by atoms with Gasteiger partial charge in [-0.15, -0.1) is 0 Å². The van der Waals surface area contributed by atoms with E-state index >= 15 is 0 Å². The van der Waals surface area contributed by atoms with Crippen LogP contribution in [0.25, 0.3) is 0 Å². The van der Waals surface area contributed by atoms with E-state index in [0.29, 0.717) is 6.04 Å². The van der Waals surface area contributed by atoms with Gasteiger partial charge in [0.05, 0.1) is 0 Å². The van der Waals surface area contributed by atoms with Crippen molar-refractivity contribution in [3.63, 3.8) is 0 Å². The van der Waals surface area contributed by atoms with Crippen LogP contribution in [0.3, 0.4) is 0 Å². The monoisotopic (exact) mass is 267 g/mol. The molecule has 20 heavy (non-hydrogen) atoms. The summed E-state index contributed by atoms with van der Waals surface area (Å²) in [6, 6.07) is 19.9. The normalized spacial score (nSPS) is 12.3. The summed E-state index contributed by atoms with van der Waals surface area (Å²) in [7, 11) is 0. The molecule has 0 aliphatic rings. The molecule has 2 rings (SSSR count). The summed E-state index contributed by atoms with van der Waals surface area (Å²) in [6.07, 6.45) is 3.66. The van der Waals surface area contributed by atoms with Crippen LogP contribution < -0.4 is 5.32 Å². The molecule has 2 aromatic carbocycles. The average molecular weight is 267 g/mol. The number of aryl methyl sites for hydroxylation is 2. The zero-order valence-electron chi connectivity index (χ0n) is 12.6. The highest BCUT2D eigenvalue weighted by atomic mass is 14.9. The van der Waals surface area contributed by atoms with E-state index in [1.807, 2.05) is 0 Å². The standard InChI is InChI=1S/C19H25N/c1-16-9-8-13-19(15-16)17(2)20-14-7-6-12-18-10-4-3-5-11-18/h3-5,8-11,13,15,17,20H,6-7,12,14H2,1-2H3/t17-/m0/s1. The smallest absolute Gasteiger partial charge is 0.0291 e. The molecule has 0 saturated heterocycles. The van der Waals surface area contributed by atoms with Gasteiger partial charge in [0.2, 0.25) is 0 Å². The third kappa shape index (κ3) is 4.82. The van der Waals surface area contributed by atoms with E-state index in [-0.39, 0.29) is 0 Å². The second-order valence-electron chi connectivity index (χ2n) is 5.53. The van der Waals surface area contributed by atoms with Gasteiger partial charge in [0, 0.05) is 6.04 Å². The van der Waals surface area contributed by atoms with Crippen molar-refractivity contribution < 1.29 is 0 Å². The maximum Gasteiger partial charge on any atom is 0.0291 e. The molecule has 0 amide bonds. The van der Waals surface area contributed by atoms with Crippen LogP contribution >= 0.6 is 0 Å². The molecule has 0 fully saturated rings. The summed E-state index contributed by atoms with van der Waals surface area (Å²) in [5.41, 5.74) is 4.16. The van der Waals surface area contributed by atoms with E-state index in [9.17, 15) is 0 Å². The first-order valence-corrected chi connectivity index (χ1v) is 7.59. The first kappa shape index (κ1) is 14.8. The molecule has 0 bridgehead atoms. The first-order chi connectivity index (χ1) is 9.75.